The highest BCUT2D eigenvalue weighted by atomic mass is 79.9. The zero-order valence-electron chi connectivity index (χ0n) is 14.4. The first-order valence-corrected chi connectivity index (χ1v) is 9.92. The summed E-state index contributed by atoms with van der Waals surface area (Å²) in [6.45, 7) is 4.20. The van der Waals surface area contributed by atoms with Gasteiger partial charge >= 0.3 is 0 Å². The highest BCUT2D eigenvalue weighted by Gasteiger charge is 2.14. The van der Waals surface area contributed by atoms with E-state index in [0.717, 1.165) is 21.3 Å². The molecular formula is C19H18BrN3O2S. The minimum Gasteiger partial charge on any atom is -0.411 e. The predicted octanol–water partition coefficient (Wildman–Crippen LogP) is 5.35. The normalized spacial score (nSPS) is 10.9. The number of hydrogen-bond acceptors (Lipinski definition) is 5. The quantitative estimate of drug-likeness (QED) is 0.532. The number of anilines is 1. The molecule has 134 valence electrons. The van der Waals surface area contributed by atoms with E-state index < -0.39 is 0 Å². The molecule has 5 nitrogen and oxygen atoms in total. The molecule has 7 heteroatoms. The topological polar surface area (TPSA) is 68.0 Å². The van der Waals surface area contributed by atoms with Crippen LogP contribution in [0.25, 0.3) is 11.5 Å². The second-order valence-corrected chi connectivity index (χ2v) is 7.71. The van der Waals surface area contributed by atoms with E-state index in [1.54, 1.807) is 0 Å². The molecule has 3 aromatic rings. The van der Waals surface area contributed by atoms with Crippen LogP contribution in [0.15, 0.2) is 62.6 Å². The van der Waals surface area contributed by atoms with E-state index in [1.165, 1.54) is 11.8 Å². The summed E-state index contributed by atoms with van der Waals surface area (Å²) in [5, 5.41) is 11.4. The lowest BCUT2D eigenvalue weighted by molar-refractivity contribution is -0.113. The third-order valence-electron chi connectivity index (χ3n) is 3.69. The summed E-state index contributed by atoms with van der Waals surface area (Å²) >= 11 is 4.68. The number of amides is 1. The van der Waals surface area contributed by atoms with Gasteiger partial charge < -0.3 is 9.73 Å². The van der Waals surface area contributed by atoms with Gasteiger partial charge in [0.2, 0.25) is 11.8 Å². The van der Waals surface area contributed by atoms with E-state index in [9.17, 15) is 4.79 Å². The number of thioether (sulfide) groups is 1. The van der Waals surface area contributed by atoms with E-state index in [-0.39, 0.29) is 11.7 Å². The average molecular weight is 432 g/mol. The number of para-hydroxylation sites is 1. The van der Waals surface area contributed by atoms with Gasteiger partial charge in [-0.2, -0.15) is 0 Å². The van der Waals surface area contributed by atoms with Gasteiger partial charge in [-0.1, -0.05) is 55.9 Å². The van der Waals surface area contributed by atoms with Crippen molar-refractivity contribution < 1.29 is 9.21 Å². The van der Waals surface area contributed by atoms with E-state index in [4.69, 9.17) is 4.42 Å². The van der Waals surface area contributed by atoms with Crippen LogP contribution in [0.5, 0.6) is 0 Å². The molecule has 0 aliphatic rings. The number of nitrogens with one attached hydrogen (secondary N) is 1. The summed E-state index contributed by atoms with van der Waals surface area (Å²) in [6.07, 6.45) is 0. The SMILES string of the molecule is CC(C)c1ccccc1NC(=O)CSc1nnc(-c2ccccc2Br)o1. The molecular weight excluding hydrogens is 414 g/mol. The molecule has 0 unspecified atom stereocenters. The number of hydrogen-bond donors (Lipinski definition) is 1. The van der Waals surface area contributed by atoms with Crippen LogP contribution in [0, 0.1) is 0 Å². The number of benzene rings is 2. The minimum absolute atomic E-state index is 0.108. The van der Waals surface area contributed by atoms with Crippen molar-refractivity contribution in [2.45, 2.75) is 25.0 Å². The van der Waals surface area contributed by atoms with E-state index in [0.29, 0.717) is 17.0 Å². The van der Waals surface area contributed by atoms with Gasteiger partial charge in [-0.25, -0.2) is 0 Å². The van der Waals surface area contributed by atoms with Crippen molar-refractivity contribution in [2.75, 3.05) is 11.1 Å². The minimum atomic E-state index is -0.108. The largest absolute Gasteiger partial charge is 0.411 e. The van der Waals surface area contributed by atoms with Gasteiger partial charge in [0.1, 0.15) is 0 Å². The zero-order chi connectivity index (χ0) is 18.5. The Labute approximate surface area is 164 Å². The van der Waals surface area contributed by atoms with E-state index in [2.05, 4.69) is 45.3 Å². The monoisotopic (exact) mass is 431 g/mol. The number of carbonyl (C=O) groups is 1. The number of rotatable bonds is 6. The Kier molecular flexibility index (Phi) is 6.11. The summed E-state index contributed by atoms with van der Waals surface area (Å²) in [7, 11) is 0. The molecule has 0 saturated heterocycles. The fourth-order valence-electron chi connectivity index (χ4n) is 2.44. The Morgan fingerprint density at radius 1 is 1.15 bits per heavy atom. The van der Waals surface area contributed by atoms with Gasteiger partial charge in [0.25, 0.3) is 5.22 Å². The first-order chi connectivity index (χ1) is 12.5. The van der Waals surface area contributed by atoms with Crippen molar-refractivity contribution in [1.82, 2.24) is 10.2 Å². The molecule has 0 saturated carbocycles. The molecule has 0 bridgehead atoms. The van der Waals surface area contributed by atoms with Crippen LogP contribution in [-0.2, 0) is 4.79 Å². The molecule has 0 aliphatic heterocycles. The van der Waals surface area contributed by atoms with Crippen molar-refractivity contribution in [3.8, 4) is 11.5 Å². The number of nitrogens with zero attached hydrogens (tertiary/aromatic N) is 2. The van der Waals surface area contributed by atoms with Gasteiger partial charge in [0.15, 0.2) is 0 Å². The van der Waals surface area contributed by atoms with E-state index in [1.807, 2.05) is 48.5 Å². The fraction of sp³-hybridized carbons (Fsp3) is 0.211. The van der Waals surface area contributed by atoms with Crippen LogP contribution in [0.4, 0.5) is 5.69 Å². The van der Waals surface area contributed by atoms with Crippen molar-refractivity contribution in [3.63, 3.8) is 0 Å². The molecule has 0 aliphatic carbocycles. The Bertz CT molecular complexity index is 911. The van der Waals surface area contributed by atoms with Gasteiger partial charge in [0, 0.05) is 10.2 Å². The molecule has 0 radical (unpaired) electrons. The summed E-state index contributed by atoms with van der Waals surface area (Å²) in [4.78, 5) is 12.3. The van der Waals surface area contributed by atoms with Crippen molar-refractivity contribution >= 4 is 39.3 Å². The van der Waals surface area contributed by atoms with Gasteiger partial charge in [-0.15, -0.1) is 10.2 Å². The lowest BCUT2D eigenvalue weighted by atomic mass is 10.0. The van der Waals surface area contributed by atoms with Crippen LogP contribution in [-0.4, -0.2) is 21.9 Å². The van der Waals surface area contributed by atoms with Crippen LogP contribution in [0.2, 0.25) is 0 Å². The van der Waals surface area contributed by atoms with Crippen LogP contribution < -0.4 is 5.32 Å². The fourth-order valence-corrected chi connectivity index (χ4v) is 3.46. The predicted molar refractivity (Wildman–Crippen MR) is 107 cm³/mol. The Morgan fingerprint density at radius 3 is 2.65 bits per heavy atom. The maximum atomic E-state index is 12.3. The Morgan fingerprint density at radius 2 is 1.88 bits per heavy atom. The molecule has 0 fully saturated rings. The molecule has 0 spiro atoms. The lowest BCUT2D eigenvalue weighted by Crippen LogP contribution is -2.15. The lowest BCUT2D eigenvalue weighted by Gasteiger charge is -2.13. The Hall–Kier alpha value is -2.12. The second-order valence-electron chi connectivity index (χ2n) is 5.93. The van der Waals surface area contributed by atoms with Crippen LogP contribution >= 0.6 is 27.7 Å². The second kappa shape index (κ2) is 8.51. The smallest absolute Gasteiger partial charge is 0.277 e. The van der Waals surface area contributed by atoms with Crippen molar-refractivity contribution in [1.29, 1.82) is 0 Å². The highest BCUT2D eigenvalue weighted by Crippen LogP contribution is 2.29. The number of halogens is 1. The molecule has 3 rings (SSSR count). The summed E-state index contributed by atoms with van der Waals surface area (Å²) < 4.78 is 6.52. The van der Waals surface area contributed by atoms with Crippen LogP contribution in [0.3, 0.4) is 0 Å². The Balaban J connectivity index is 1.62. The van der Waals surface area contributed by atoms with Gasteiger partial charge in [0.05, 0.1) is 11.3 Å². The molecule has 0 atom stereocenters. The summed E-state index contributed by atoms with van der Waals surface area (Å²) in [6, 6.07) is 15.4. The maximum Gasteiger partial charge on any atom is 0.277 e. The maximum absolute atomic E-state index is 12.3. The molecule has 1 amide bonds. The number of aromatic nitrogens is 2. The van der Waals surface area contributed by atoms with Crippen molar-refractivity contribution in [3.05, 3.63) is 58.6 Å². The van der Waals surface area contributed by atoms with Crippen molar-refractivity contribution in [2.24, 2.45) is 0 Å². The van der Waals surface area contributed by atoms with E-state index >= 15 is 0 Å². The third-order valence-corrected chi connectivity index (χ3v) is 5.20. The van der Waals surface area contributed by atoms with Crippen LogP contribution in [0.1, 0.15) is 25.3 Å². The molecule has 1 N–H and O–H groups in total. The number of carbonyl (C=O) groups excluding carboxylic acids is 1. The van der Waals surface area contributed by atoms with Gasteiger partial charge in [-0.3, -0.25) is 4.79 Å². The molecule has 1 heterocycles. The summed E-state index contributed by atoms with van der Waals surface area (Å²) in [5.41, 5.74) is 2.77. The molecule has 26 heavy (non-hydrogen) atoms. The molecule has 2 aromatic carbocycles. The van der Waals surface area contributed by atoms with Gasteiger partial charge in [-0.05, 0) is 45.6 Å². The molecule has 1 aromatic heterocycles. The zero-order valence-corrected chi connectivity index (χ0v) is 16.8. The average Bonchev–Trinajstić information content (AvgIpc) is 3.09. The third kappa shape index (κ3) is 4.53. The standard InChI is InChI=1S/C19H18BrN3O2S/c1-12(2)13-7-4-6-10-16(13)21-17(24)11-26-19-23-22-18(25-19)14-8-3-5-9-15(14)20/h3-10,12H,11H2,1-2H3,(H,21,24). The summed E-state index contributed by atoms with van der Waals surface area (Å²) in [5.74, 6) is 0.848. The first kappa shape index (κ1) is 18.7. The highest BCUT2D eigenvalue weighted by molar-refractivity contribution is 9.10. The first-order valence-electron chi connectivity index (χ1n) is 8.14.